The quantitative estimate of drug-likeness (QED) is 0.793. The summed E-state index contributed by atoms with van der Waals surface area (Å²) in [6.07, 6.45) is 6.69. The van der Waals surface area contributed by atoms with Crippen molar-refractivity contribution in [3.63, 3.8) is 0 Å². The number of amides is 1. The first-order valence-corrected chi connectivity index (χ1v) is 8.18. The number of hydrogen-bond donors (Lipinski definition) is 0. The second kappa shape index (κ2) is 4.76. The summed E-state index contributed by atoms with van der Waals surface area (Å²) in [7, 11) is 0. The molecule has 4 saturated carbocycles. The Morgan fingerprint density at radius 1 is 1.15 bits per heavy atom. The van der Waals surface area contributed by atoms with Crippen LogP contribution in [0, 0.1) is 40.4 Å². The monoisotopic (exact) mass is 274 g/mol. The molecule has 0 aromatic carbocycles. The Hall–Kier alpha value is -1.04. The van der Waals surface area contributed by atoms with Gasteiger partial charge in [0.25, 0.3) is 0 Å². The van der Waals surface area contributed by atoms with Crippen LogP contribution in [0.15, 0.2) is 0 Å². The maximum absolute atomic E-state index is 12.8. The Labute approximate surface area is 122 Å². The SMILES string of the molecule is CCN(C(=O)C(C)(C)C#N)C1C2CC3CC(C2)CC1C3. The lowest BCUT2D eigenvalue weighted by molar-refractivity contribution is -0.149. The van der Waals surface area contributed by atoms with Gasteiger partial charge in [-0.2, -0.15) is 5.26 Å². The summed E-state index contributed by atoms with van der Waals surface area (Å²) in [5.41, 5.74) is -0.884. The Bertz CT molecular complexity index is 420. The summed E-state index contributed by atoms with van der Waals surface area (Å²) in [6.45, 7) is 6.33. The lowest BCUT2D eigenvalue weighted by atomic mass is 9.53. The first-order chi connectivity index (χ1) is 9.46. The van der Waals surface area contributed by atoms with E-state index in [1.807, 2.05) is 0 Å². The zero-order valence-corrected chi connectivity index (χ0v) is 12.9. The fraction of sp³-hybridized carbons (Fsp3) is 0.882. The highest BCUT2D eigenvalue weighted by Crippen LogP contribution is 2.55. The number of carbonyl (C=O) groups is 1. The molecule has 0 aliphatic heterocycles. The van der Waals surface area contributed by atoms with Gasteiger partial charge in [0.1, 0.15) is 5.41 Å². The van der Waals surface area contributed by atoms with Gasteiger partial charge in [-0.1, -0.05) is 0 Å². The highest BCUT2D eigenvalue weighted by Gasteiger charge is 2.51. The molecule has 4 aliphatic rings. The molecule has 4 fully saturated rings. The zero-order valence-electron chi connectivity index (χ0n) is 12.9. The average molecular weight is 274 g/mol. The van der Waals surface area contributed by atoms with Crippen LogP contribution in [0.1, 0.15) is 52.9 Å². The lowest BCUT2D eigenvalue weighted by Crippen LogP contribution is -2.59. The van der Waals surface area contributed by atoms with Crippen LogP contribution in [0.4, 0.5) is 0 Å². The van der Waals surface area contributed by atoms with Gasteiger partial charge in [0, 0.05) is 12.6 Å². The van der Waals surface area contributed by atoms with Crippen molar-refractivity contribution in [2.24, 2.45) is 29.1 Å². The summed E-state index contributed by atoms with van der Waals surface area (Å²) >= 11 is 0. The molecule has 4 rings (SSSR count). The van der Waals surface area contributed by atoms with E-state index in [-0.39, 0.29) is 5.91 Å². The van der Waals surface area contributed by atoms with Gasteiger partial charge in [-0.05, 0) is 76.5 Å². The summed E-state index contributed by atoms with van der Waals surface area (Å²) < 4.78 is 0. The van der Waals surface area contributed by atoms with Crippen LogP contribution in [0.5, 0.6) is 0 Å². The predicted molar refractivity (Wildman–Crippen MR) is 77.6 cm³/mol. The standard InChI is InChI=1S/C17H26N2O/c1-4-19(16(20)17(2,3)10-18)15-13-6-11-5-12(8-13)9-14(15)7-11/h11-15H,4-9H2,1-3H3. The van der Waals surface area contributed by atoms with E-state index < -0.39 is 5.41 Å². The third-order valence-corrected chi connectivity index (χ3v) is 5.95. The highest BCUT2D eigenvalue weighted by molar-refractivity contribution is 5.85. The number of hydrogen-bond acceptors (Lipinski definition) is 2. The van der Waals surface area contributed by atoms with Crippen molar-refractivity contribution < 1.29 is 4.79 Å². The predicted octanol–water partition coefficient (Wildman–Crippen LogP) is 3.21. The molecule has 4 bridgehead atoms. The summed E-state index contributed by atoms with van der Waals surface area (Å²) in [6, 6.07) is 2.60. The number of rotatable bonds is 3. The molecule has 0 N–H and O–H groups in total. The van der Waals surface area contributed by atoms with Gasteiger partial charge in [-0.3, -0.25) is 4.79 Å². The van der Waals surface area contributed by atoms with Crippen molar-refractivity contribution in [1.29, 1.82) is 5.26 Å². The van der Waals surface area contributed by atoms with E-state index in [1.54, 1.807) is 13.8 Å². The Balaban J connectivity index is 1.84. The van der Waals surface area contributed by atoms with Gasteiger partial charge in [0.2, 0.25) is 5.91 Å². The smallest absolute Gasteiger partial charge is 0.242 e. The summed E-state index contributed by atoms with van der Waals surface area (Å²) in [5.74, 6) is 3.28. The van der Waals surface area contributed by atoms with Gasteiger partial charge >= 0.3 is 0 Å². The zero-order chi connectivity index (χ0) is 14.5. The lowest BCUT2D eigenvalue weighted by Gasteiger charge is -2.57. The molecule has 1 amide bonds. The largest absolute Gasteiger partial charge is 0.338 e. The van der Waals surface area contributed by atoms with Gasteiger partial charge < -0.3 is 4.90 Å². The molecule has 0 atom stereocenters. The third-order valence-electron chi connectivity index (χ3n) is 5.95. The van der Waals surface area contributed by atoms with Crippen molar-refractivity contribution in [2.45, 2.75) is 58.9 Å². The molecule has 3 nitrogen and oxygen atoms in total. The van der Waals surface area contributed by atoms with Crippen molar-refractivity contribution in [3.8, 4) is 6.07 Å². The maximum atomic E-state index is 12.8. The van der Waals surface area contributed by atoms with Crippen LogP contribution in [0.25, 0.3) is 0 Å². The van der Waals surface area contributed by atoms with Crippen molar-refractivity contribution in [1.82, 2.24) is 4.90 Å². The molecule has 0 aromatic rings. The summed E-state index contributed by atoms with van der Waals surface area (Å²) in [4.78, 5) is 14.8. The van der Waals surface area contributed by atoms with Gasteiger partial charge in [0.05, 0.1) is 6.07 Å². The van der Waals surface area contributed by atoms with E-state index >= 15 is 0 Å². The average Bonchev–Trinajstić information content (AvgIpc) is 2.41. The minimum Gasteiger partial charge on any atom is -0.338 e. The molecule has 20 heavy (non-hydrogen) atoms. The second-order valence-corrected chi connectivity index (χ2v) is 7.75. The Morgan fingerprint density at radius 2 is 1.65 bits per heavy atom. The fourth-order valence-corrected chi connectivity index (χ4v) is 5.30. The first kappa shape index (κ1) is 13.9. The van der Waals surface area contributed by atoms with Gasteiger partial charge in [0.15, 0.2) is 0 Å². The minimum atomic E-state index is -0.884. The molecule has 4 aliphatic carbocycles. The molecule has 0 heterocycles. The van der Waals surface area contributed by atoms with E-state index in [4.69, 9.17) is 0 Å². The van der Waals surface area contributed by atoms with Gasteiger partial charge in [-0.15, -0.1) is 0 Å². The van der Waals surface area contributed by atoms with Crippen molar-refractivity contribution in [2.75, 3.05) is 6.54 Å². The van der Waals surface area contributed by atoms with E-state index in [0.29, 0.717) is 17.9 Å². The normalized spacial score (nSPS) is 38.6. The number of nitrogens with zero attached hydrogens (tertiary/aromatic N) is 2. The van der Waals surface area contributed by atoms with Gasteiger partial charge in [-0.25, -0.2) is 0 Å². The Morgan fingerprint density at radius 3 is 2.05 bits per heavy atom. The van der Waals surface area contributed by atoms with Crippen LogP contribution in [0.3, 0.4) is 0 Å². The van der Waals surface area contributed by atoms with Crippen LogP contribution >= 0.6 is 0 Å². The molecule has 0 saturated heterocycles. The van der Waals surface area contributed by atoms with Crippen LogP contribution in [0.2, 0.25) is 0 Å². The summed E-state index contributed by atoms with van der Waals surface area (Å²) in [5, 5.41) is 9.26. The van der Waals surface area contributed by atoms with Crippen LogP contribution in [-0.4, -0.2) is 23.4 Å². The fourth-order valence-electron chi connectivity index (χ4n) is 5.30. The maximum Gasteiger partial charge on any atom is 0.242 e. The Kier molecular flexibility index (Phi) is 3.31. The van der Waals surface area contributed by atoms with E-state index in [0.717, 1.165) is 18.4 Å². The number of nitriles is 1. The van der Waals surface area contributed by atoms with Crippen molar-refractivity contribution in [3.05, 3.63) is 0 Å². The molecular formula is C17H26N2O. The molecule has 0 spiro atoms. The second-order valence-electron chi connectivity index (χ2n) is 7.75. The number of carbonyl (C=O) groups excluding carboxylic acids is 1. The van der Waals surface area contributed by atoms with E-state index in [1.165, 1.54) is 32.1 Å². The highest BCUT2D eigenvalue weighted by atomic mass is 16.2. The molecule has 110 valence electrons. The van der Waals surface area contributed by atoms with Crippen LogP contribution < -0.4 is 0 Å². The first-order valence-electron chi connectivity index (χ1n) is 8.18. The minimum absolute atomic E-state index is 0.0416. The van der Waals surface area contributed by atoms with Crippen LogP contribution in [-0.2, 0) is 4.79 Å². The topological polar surface area (TPSA) is 44.1 Å². The molecule has 3 heteroatoms. The molecule has 0 aromatic heterocycles. The molecular weight excluding hydrogens is 248 g/mol. The van der Waals surface area contributed by atoms with E-state index in [9.17, 15) is 10.1 Å². The third kappa shape index (κ3) is 2.05. The molecule has 0 unspecified atom stereocenters. The van der Waals surface area contributed by atoms with Crippen molar-refractivity contribution >= 4 is 5.91 Å². The molecule has 0 radical (unpaired) electrons. The van der Waals surface area contributed by atoms with E-state index in [2.05, 4.69) is 17.9 Å².